The first-order valence-electron chi connectivity index (χ1n) is 5.81. The molecule has 1 aliphatic rings. The number of carbonyl (C=O) groups is 1. The first-order chi connectivity index (χ1) is 9.10. The van der Waals surface area contributed by atoms with Gasteiger partial charge in [-0.15, -0.1) is 0 Å². The normalized spacial score (nSPS) is 26.9. The molecule has 1 heterocycles. The Morgan fingerprint density at radius 3 is 2.74 bits per heavy atom. The van der Waals surface area contributed by atoms with Crippen molar-refractivity contribution < 1.29 is 14.5 Å². The van der Waals surface area contributed by atoms with Crippen molar-refractivity contribution >= 4 is 22.2 Å². The van der Waals surface area contributed by atoms with Crippen molar-refractivity contribution in [2.75, 3.05) is 13.1 Å². The van der Waals surface area contributed by atoms with Gasteiger partial charge in [-0.25, -0.2) is 0 Å². The molecular weight excluding hydrogens is 316 g/mol. The Hall–Kier alpha value is -1.31. The molecule has 0 radical (unpaired) electrons. The number of halogens is 1. The van der Waals surface area contributed by atoms with E-state index in [0.717, 1.165) is 10.0 Å². The highest BCUT2D eigenvalue weighted by molar-refractivity contribution is 9.10. The van der Waals surface area contributed by atoms with E-state index in [1.54, 1.807) is 0 Å². The number of hydrogen-bond acceptors (Lipinski definition) is 5. The van der Waals surface area contributed by atoms with Crippen LogP contribution in [0.15, 0.2) is 28.7 Å². The summed E-state index contributed by atoms with van der Waals surface area (Å²) in [6.45, 7) is 0.0569. The van der Waals surface area contributed by atoms with Gasteiger partial charge in [-0.3, -0.25) is 10.1 Å². The molecule has 1 N–H and O–H groups in total. The molecule has 0 aromatic heterocycles. The maximum Gasteiger partial charge on any atom is 0.221 e. The summed E-state index contributed by atoms with van der Waals surface area (Å²) in [5.74, 6) is 0. The second-order valence-electron chi connectivity index (χ2n) is 4.31. The van der Waals surface area contributed by atoms with Gasteiger partial charge in [0.2, 0.25) is 6.54 Å². The lowest BCUT2D eigenvalue weighted by atomic mass is 10.00. The number of nitrogens with one attached hydrogen (secondary N) is 1. The summed E-state index contributed by atoms with van der Waals surface area (Å²) < 4.78 is 6.54. The van der Waals surface area contributed by atoms with Gasteiger partial charge < -0.3 is 14.8 Å². The van der Waals surface area contributed by atoms with E-state index in [1.165, 1.54) is 0 Å². The monoisotopic (exact) mass is 328 g/mol. The predicted molar refractivity (Wildman–Crippen MR) is 71.5 cm³/mol. The quantitative estimate of drug-likeness (QED) is 0.512. The number of ether oxygens (including phenoxy) is 1. The smallest absolute Gasteiger partial charge is 0.221 e. The van der Waals surface area contributed by atoms with Gasteiger partial charge in [-0.05, 0) is 17.7 Å². The molecule has 2 rings (SSSR count). The van der Waals surface area contributed by atoms with Gasteiger partial charge in [0, 0.05) is 15.9 Å². The van der Waals surface area contributed by atoms with Crippen LogP contribution >= 0.6 is 15.9 Å². The van der Waals surface area contributed by atoms with Crippen LogP contribution in [0.5, 0.6) is 0 Å². The molecule has 6 nitrogen and oxygen atoms in total. The summed E-state index contributed by atoms with van der Waals surface area (Å²) in [6, 6.07) is 6.90. The topological polar surface area (TPSA) is 81.5 Å². The first-order valence-corrected chi connectivity index (χ1v) is 6.61. The van der Waals surface area contributed by atoms with Crippen molar-refractivity contribution in [1.29, 1.82) is 0 Å². The van der Waals surface area contributed by atoms with Crippen LogP contribution in [-0.2, 0) is 9.53 Å². The lowest BCUT2D eigenvalue weighted by Gasteiger charge is -2.33. The van der Waals surface area contributed by atoms with Gasteiger partial charge in [0.25, 0.3) is 0 Å². The molecule has 19 heavy (non-hydrogen) atoms. The third-order valence-corrected chi connectivity index (χ3v) is 3.49. The fraction of sp³-hybridized carbons (Fsp3) is 0.417. The molecule has 0 spiro atoms. The van der Waals surface area contributed by atoms with Crippen LogP contribution in [0, 0.1) is 10.1 Å². The van der Waals surface area contributed by atoms with Crippen molar-refractivity contribution in [2.24, 2.45) is 0 Å². The molecule has 1 aliphatic heterocycles. The Bertz CT molecular complexity index is 465. The average molecular weight is 329 g/mol. The predicted octanol–water partition coefficient (Wildman–Crippen LogP) is 1.32. The first kappa shape index (κ1) is 14.1. The van der Waals surface area contributed by atoms with Crippen LogP contribution in [0.25, 0.3) is 0 Å². The molecule has 0 saturated carbocycles. The summed E-state index contributed by atoms with van der Waals surface area (Å²) in [7, 11) is 0. The average Bonchev–Trinajstić information content (AvgIpc) is 2.40. The van der Waals surface area contributed by atoms with Gasteiger partial charge >= 0.3 is 0 Å². The molecule has 7 heteroatoms. The summed E-state index contributed by atoms with van der Waals surface area (Å²) in [5.41, 5.74) is 0.814. The number of rotatable bonds is 4. The van der Waals surface area contributed by atoms with Crippen LogP contribution in [0.3, 0.4) is 0 Å². The van der Waals surface area contributed by atoms with Crippen molar-refractivity contribution in [3.8, 4) is 0 Å². The lowest BCUT2D eigenvalue weighted by Crippen LogP contribution is -2.51. The third kappa shape index (κ3) is 3.59. The maximum absolute atomic E-state index is 10.8. The maximum atomic E-state index is 10.8. The van der Waals surface area contributed by atoms with E-state index in [0.29, 0.717) is 12.8 Å². The van der Waals surface area contributed by atoms with E-state index in [4.69, 9.17) is 4.74 Å². The van der Waals surface area contributed by atoms with E-state index in [2.05, 4.69) is 21.2 Å². The fourth-order valence-corrected chi connectivity index (χ4v) is 2.33. The minimum Gasteiger partial charge on any atom is -0.360 e. The van der Waals surface area contributed by atoms with E-state index in [1.807, 2.05) is 24.3 Å². The Morgan fingerprint density at radius 1 is 1.47 bits per heavy atom. The Kier molecular flexibility index (Phi) is 4.62. The Morgan fingerprint density at radius 2 is 2.16 bits per heavy atom. The number of carbonyl (C=O) groups excluding carboxylic acids is 1. The van der Waals surface area contributed by atoms with Gasteiger partial charge in [0.05, 0.1) is 0 Å². The lowest BCUT2D eigenvalue weighted by molar-refractivity contribution is -0.487. The molecule has 3 atom stereocenters. The molecule has 0 amide bonds. The summed E-state index contributed by atoms with van der Waals surface area (Å²) in [6.07, 6.45) is -0.361. The third-order valence-electron chi connectivity index (χ3n) is 2.96. The Balaban J connectivity index is 2.21. The summed E-state index contributed by atoms with van der Waals surface area (Å²) >= 11 is 3.33. The van der Waals surface area contributed by atoms with Gasteiger partial charge in [0.15, 0.2) is 0 Å². The van der Waals surface area contributed by atoms with Crippen LogP contribution < -0.4 is 5.32 Å². The minimum atomic E-state index is -0.573. The van der Waals surface area contributed by atoms with Gasteiger partial charge in [-0.2, -0.15) is 0 Å². The SMILES string of the molecule is O=C[C@H]1CN[C@H](C[N+](=O)[O-])C(c2ccc(Br)cc2)O1. The second-order valence-corrected chi connectivity index (χ2v) is 5.23. The van der Waals surface area contributed by atoms with E-state index < -0.39 is 18.2 Å². The van der Waals surface area contributed by atoms with Crippen LogP contribution in [0.4, 0.5) is 0 Å². The zero-order valence-corrected chi connectivity index (χ0v) is 11.6. The van der Waals surface area contributed by atoms with Crippen molar-refractivity contribution in [3.05, 3.63) is 44.4 Å². The molecule has 0 aliphatic carbocycles. The van der Waals surface area contributed by atoms with Gasteiger partial charge in [0.1, 0.15) is 24.5 Å². The van der Waals surface area contributed by atoms with Crippen molar-refractivity contribution in [3.63, 3.8) is 0 Å². The second kappa shape index (κ2) is 6.23. The molecule has 102 valence electrons. The standard InChI is InChI=1S/C12H13BrN2O4/c13-9-3-1-8(2-4-9)12-11(6-15(17)18)14-5-10(7-16)19-12/h1-4,7,10-12,14H,5-6H2/t10-,11-,12?/m1/s1. The number of nitro groups is 1. The molecular formula is C12H13BrN2O4. The molecule has 1 aromatic rings. The molecule has 1 fully saturated rings. The molecule has 1 aromatic carbocycles. The van der Waals surface area contributed by atoms with Crippen molar-refractivity contribution in [1.82, 2.24) is 5.32 Å². The number of morpholine rings is 1. The molecule has 1 saturated heterocycles. The fourth-order valence-electron chi connectivity index (χ4n) is 2.07. The molecule has 0 bridgehead atoms. The number of nitrogens with zero attached hydrogens (tertiary/aromatic N) is 1. The van der Waals surface area contributed by atoms with Crippen LogP contribution in [0.2, 0.25) is 0 Å². The van der Waals surface area contributed by atoms with E-state index in [-0.39, 0.29) is 11.5 Å². The zero-order valence-electron chi connectivity index (χ0n) is 9.99. The minimum absolute atomic E-state index is 0.244. The summed E-state index contributed by atoms with van der Waals surface area (Å²) in [5, 5.41) is 13.7. The number of benzene rings is 1. The Labute approximate surface area is 118 Å². The largest absolute Gasteiger partial charge is 0.360 e. The molecule has 1 unspecified atom stereocenters. The van der Waals surface area contributed by atoms with Crippen molar-refractivity contribution in [2.45, 2.75) is 18.2 Å². The highest BCUT2D eigenvalue weighted by Gasteiger charge is 2.34. The van der Waals surface area contributed by atoms with E-state index in [9.17, 15) is 14.9 Å². The summed E-state index contributed by atoms with van der Waals surface area (Å²) in [4.78, 5) is 21.1. The number of hydrogen-bond donors (Lipinski definition) is 1. The van der Waals surface area contributed by atoms with Crippen LogP contribution in [0.1, 0.15) is 11.7 Å². The van der Waals surface area contributed by atoms with Gasteiger partial charge in [-0.1, -0.05) is 28.1 Å². The number of aldehydes is 1. The van der Waals surface area contributed by atoms with E-state index >= 15 is 0 Å². The van der Waals surface area contributed by atoms with Crippen LogP contribution in [-0.4, -0.2) is 36.4 Å². The highest BCUT2D eigenvalue weighted by atomic mass is 79.9. The zero-order chi connectivity index (χ0) is 13.8. The highest BCUT2D eigenvalue weighted by Crippen LogP contribution is 2.27.